The lowest BCUT2D eigenvalue weighted by Gasteiger charge is -2.33. The first-order valence-electron chi connectivity index (χ1n) is 11.7. The van der Waals surface area contributed by atoms with Crippen molar-refractivity contribution in [1.82, 2.24) is 0 Å². The van der Waals surface area contributed by atoms with Crippen molar-refractivity contribution in [3.63, 3.8) is 0 Å². The van der Waals surface area contributed by atoms with Gasteiger partial charge in [-0.3, -0.25) is 0 Å². The SMILES string of the molecule is NC1=C=CC=C(N2c3ccccc3C3C=C=C=CC32)C(C2C=Cc3sc4ccccc4c3C2)=C1. The Kier molecular flexibility index (Phi) is 4.32. The van der Waals surface area contributed by atoms with Gasteiger partial charge in [-0.15, -0.1) is 11.3 Å². The summed E-state index contributed by atoms with van der Waals surface area (Å²) < 4.78 is 1.35. The normalized spacial score (nSPS) is 23.8. The molecule has 4 aliphatic rings. The van der Waals surface area contributed by atoms with Crippen LogP contribution in [0.2, 0.25) is 0 Å². The van der Waals surface area contributed by atoms with Gasteiger partial charge in [-0.1, -0.05) is 59.7 Å². The highest BCUT2D eigenvalue weighted by Gasteiger charge is 2.40. The van der Waals surface area contributed by atoms with E-state index in [1.807, 2.05) is 17.4 Å². The zero-order chi connectivity index (χ0) is 22.6. The molecular formula is C31H22N2S. The second-order valence-corrected chi connectivity index (χ2v) is 10.2. The maximum absolute atomic E-state index is 6.37. The minimum absolute atomic E-state index is 0.172. The third-order valence-corrected chi connectivity index (χ3v) is 8.39. The van der Waals surface area contributed by atoms with Crippen molar-refractivity contribution in [3.05, 3.63) is 135 Å². The van der Waals surface area contributed by atoms with Gasteiger partial charge in [0.05, 0.1) is 11.7 Å². The Morgan fingerprint density at radius 3 is 2.82 bits per heavy atom. The number of allylic oxidation sites excluding steroid dienone is 4. The van der Waals surface area contributed by atoms with Crippen LogP contribution in [-0.2, 0) is 6.42 Å². The number of fused-ring (bicyclic) bond motifs is 6. The van der Waals surface area contributed by atoms with Gasteiger partial charge in [-0.05, 0) is 77.1 Å². The summed E-state index contributed by atoms with van der Waals surface area (Å²) in [6.45, 7) is 0. The minimum Gasteiger partial charge on any atom is -0.392 e. The van der Waals surface area contributed by atoms with Crippen LogP contribution >= 0.6 is 11.3 Å². The van der Waals surface area contributed by atoms with E-state index < -0.39 is 0 Å². The Labute approximate surface area is 203 Å². The Morgan fingerprint density at radius 1 is 1.00 bits per heavy atom. The Balaban J connectivity index is 1.35. The number of thiophene rings is 1. The third-order valence-electron chi connectivity index (χ3n) is 7.21. The van der Waals surface area contributed by atoms with Gasteiger partial charge in [0.15, 0.2) is 0 Å². The molecule has 0 bridgehead atoms. The third kappa shape index (κ3) is 2.90. The van der Waals surface area contributed by atoms with Crippen LogP contribution in [0.1, 0.15) is 21.9 Å². The molecule has 1 aliphatic heterocycles. The number of hydrogen-bond acceptors (Lipinski definition) is 3. The molecule has 1 aromatic heterocycles. The molecule has 162 valence electrons. The summed E-state index contributed by atoms with van der Waals surface area (Å²) >= 11 is 1.88. The predicted molar refractivity (Wildman–Crippen MR) is 142 cm³/mol. The molecule has 2 nitrogen and oxygen atoms in total. The molecule has 2 aromatic carbocycles. The molecule has 3 unspecified atom stereocenters. The summed E-state index contributed by atoms with van der Waals surface area (Å²) in [6, 6.07) is 17.6. The number of para-hydroxylation sites is 1. The maximum Gasteiger partial charge on any atom is 0.0751 e. The highest BCUT2D eigenvalue weighted by atomic mass is 32.1. The molecule has 0 saturated carbocycles. The van der Waals surface area contributed by atoms with Gasteiger partial charge < -0.3 is 10.6 Å². The monoisotopic (exact) mass is 454 g/mol. The smallest absolute Gasteiger partial charge is 0.0751 e. The van der Waals surface area contributed by atoms with E-state index in [1.54, 1.807) is 0 Å². The van der Waals surface area contributed by atoms with Crippen molar-refractivity contribution in [2.75, 3.05) is 4.90 Å². The largest absolute Gasteiger partial charge is 0.392 e. The van der Waals surface area contributed by atoms with Crippen LogP contribution < -0.4 is 10.6 Å². The lowest BCUT2D eigenvalue weighted by Crippen LogP contribution is -2.34. The molecule has 3 atom stereocenters. The van der Waals surface area contributed by atoms with Gasteiger partial charge in [0.1, 0.15) is 0 Å². The van der Waals surface area contributed by atoms with Crippen molar-refractivity contribution < 1.29 is 0 Å². The van der Waals surface area contributed by atoms with Gasteiger partial charge in [0.25, 0.3) is 0 Å². The van der Waals surface area contributed by atoms with E-state index >= 15 is 0 Å². The number of nitrogens with zero attached hydrogens (tertiary/aromatic N) is 1. The average Bonchev–Trinajstić information content (AvgIpc) is 3.34. The van der Waals surface area contributed by atoms with Gasteiger partial charge in [-0.25, -0.2) is 0 Å². The zero-order valence-electron chi connectivity index (χ0n) is 18.5. The van der Waals surface area contributed by atoms with Crippen LogP contribution in [-0.4, -0.2) is 6.04 Å². The molecule has 0 radical (unpaired) electrons. The summed E-state index contributed by atoms with van der Waals surface area (Å²) in [5.74, 6) is 0.500. The number of rotatable bonds is 2. The van der Waals surface area contributed by atoms with Gasteiger partial charge in [0, 0.05) is 32.8 Å². The molecule has 34 heavy (non-hydrogen) atoms. The van der Waals surface area contributed by atoms with E-state index in [-0.39, 0.29) is 17.9 Å². The van der Waals surface area contributed by atoms with Crippen LogP contribution in [0.3, 0.4) is 0 Å². The fourth-order valence-electron chi connectivity index (χ4n) is 5.70. The average molecular weight is 455 g/mol. The Morgan fingerprint density at radius 2 is 1.85 bits per heavy atom. The van der Waals surface area contributed by atoms with Crippen molar-refractivity contribution in [1.29, 1.82) is 0 Å². The first kappa shape index (κ1) is 19.5. The molecule has 0 fully saturated rings. The van der Waals surface area contributed by atoms with Crippen molar-refractivity contribution in [3.8, 4) is 0 Å². The van der Waals surface area contributed by atoms with E-state index in [0.29, 0.717) is 5.70 Å². The standard InChI is InChI=1S/C31H22N2S/c32-21-8-7-14-29(33-27-12-4-1-9-22(27)23-10-2-5-13-28(23)33)25(19-21)20-16-17-31-26(18-20)24-11-3-6-15-30(24)34-31/h1,3-4,6-7,9-17,19-20,23,28H,18,32H2. The fourth-order valence-corrected chi connectivity index (χ4v) is 6.85. The molecule has 3 aliphatic carbocycles. The summed E-state index contributed by atoms with van der Waals surface area (Å²) in [7, 11) is 0. The van der Waals surface area contributed by atoms with Crippen molar-refractivity contribution in [2.24, 2.45) is 11.7 Å². The Bertz CT molecular complexity index is 1620. The first-order valence-corrected chi connectivity index (χ1v) is 12.5. The highest BCUT2D eigenvalue weighted by molar-refractivity contribution is 7.20. The van der Waals surface area contributed by atoms with E-state index in [1.165, 1.54) is 43.0 Å². The maximum atomic E-state index is 6.37. The minimum atomic E-state index is 0.172. The van der Waals surface area contributed by atoms with Crippen LogP contribution in [0.4, 0.5) is 5.69 Å². The molecule has 0 saturated heterocycles. The van der Waals surface area contributed by atoms with Crippen molar-refractivity contribution >= 4 is 33.2 Å². The molecule has 0 spiro atoms. The van der Waals surface area contributed by atoms with Crippen LogP contribution in [0.25, 0.3) is 16.2 Å². The van der Waals surface area contributed by atoms with Gasteiger partial charge in [0.2, 0.25) is 0 Å². The zero-order valence-corrected chi connectivity index (χ0v) is 19.3. The quantitative estimate of drug-likeness (QED) is 0.434. The summed E-state index contributed by atoms with van der Waals surface area (Å²) in [4.78, 5) is 3.83. The van der Waals surface area contributed by atoms with Crippen LogP contribution in [0, 0.1) is 5.92 Å². The number of anilines is 1. The molecular weight excluding hydrogens is 432 g/mol. The molecule has 2 heterocycles. The fraction of sp³-hybridized carbons (Fsp3) is 0.129. The van der Waals surface area contributed by atoms with E-state index in [4.69, 9.17) is 5.73 Å². The predicted octanol–water partition coefficient (Wildman–Crippen LogP) is 6.76. The van der Waals surface area contributed by atoms with Gasteiger partial charge in [-0.2, -0.15) is 0 Å². The van der Waals surface area contributed by atoms with E-state index in [9.17, 15) is 0 Å². The molecule has 0 amide bonds. The number of nitrogens with two attached hydrogens (primary N) is 1. The van der Waals surface area contributed by atoms with E-state index in [0.717, 1.165) is 6.42 Å². The second-order valence-electron chi connectivity index (χ2n) is 9.10. The van der Waals surface area contributed by atoms with Crippen LogP contribution in [0.5, 0.6) is 0 Å². The topological polar surface area (TPSA) is 29.3 Å². The van der Waals surface area contributed by atoms with Crippen molar-refractivity contribution in [2.45, 2.75) is 18.4 Å². The van der Waals surface area contributed by atoms with Crippen LogP contribution in [0.15, 0.2) is 119 Å². The molecule has 7 rings (SSSR count). The molecule has 3 aromatic rings. The molecule has 3 heteroatoms. The number of benzene rings is 2. The summed E-state index contributed by atoms with van der Waals surface area (Å²) in [5.41, 5.74) is 23.1. The Hall–Kier alpha value is -3.96. The van der Waals surface area contributed by atoms with Gasteiger partial charge >= 0.3 is 0 Å². The second kappa shape index (κ2) is 7.54. The van der Waals surface area contributed by atoms with E-state index in [2.05, 4.69) is 107 Å². The molecule has 2 N–H and O–H groups in total. The lowest BCUT2D eigenvalue weighted by molar-refractivity contribution is 0.698. The summed E-state index contributed by atoms with van der Waals surface area (Å²) in [6.07, 6.45) is 16.2. The lowest BCUT2D eigenvalue weighted by atomic mass is 9.84. The first-order chi connectivity index (χ1) is 16.8. The highest BCUT2D eigenvalue weighted by Crippen LogP contribution is 2.48. The number of hydrogen-bond donors (Lipinski definition) is 1. The summed E-state index contributed by atoms with van der Waals surface area (Å²) in [5, 5.41) is 1.37.